The summed E-state index contributed by atoms with van der Waals surface area (Å²) in [7, 11) is 0. The largest absolute Gasteiger partial charge is 0.507 e. The number of phenols is 1. The van der Waals surface area contributed by atoms with Gasteiger partial charge in [-0.05, 0) is 66.8 Å². The Balaban J connectivity index is 1.66. The topological polar surface area (TPSA) is 143 Å². The quantitative estimate of drug-likeness (QED) is 0.298. The Bertz CT molecular complexity index is 1660. The number of rotatable bonds is 5. The SMILES string of the molecule is CC(=O)c1cccc(/C=C/c2ccc(O)c3c2C[C@]2(C)C[C@]4(C)C(C(C)C)C(=O)C(C(C)=O)C(=O)[C@]4(O)C(=O)C2C3=O)c1. The monoisotopic (exact) mass is 584 g/mol. The predicted octanol–water partition coefficient (Wildman–Crippen LogP) is 4.47. The van der Waals surface area contributed by atoms with Gasteiger partial charge in [-0.3, -0.25) is 28.8 Å². The van der Waals surface area contributed by atoms with E-state index in [-0.39, 0.29) is 29.9 Å². The summed E-state index contributed by atoms with van der Waals surface area (Å²) >= 11 is 0. The van der Waals surface area contributed by atoms with E-state index < -0.39 is 69.0 Å². The summed E-state index contributed by atoms with van der Waals surface area (Å²) in [4.78, 5) is 80.3. The lowest BCUT2D eigenvalue weighted by Gasteiger charge is -2.61. The van der Waals surface area contributed by atoms with Crippen LogP contribution in [0, 0.1) is 34.5 Å². The van der Waals surface area contributed by atoms with Crippen molar-refractivity contribution in [3.63, 3.8) is 0 Å². The molecule has 8 nitrogen and oxygen atoms in total. The summed E-state index contributed by atoms with van der Waals surface area (Å²) in [6.07, 6.45) is 3.71. The van der Waals surface area contributed by atoms with Crippen LogP contribution in [-0.2, 0) is 25.6 Å². The van der Waals surface area contributed by atoms with E-state index in [1.54, 1.807) is 64.1 Å². The molecule has 2 saturated carbocycles. The Morgan fingerprint density at radius 3 is 2.26 bits per heavy atom. The van der Waals surface area contributed by atoms with E-state index >= 15 is 0 Å². The van der Waals surface area contributed by atoms with Gasteiger partial charge in [-0.1, -0.05) is 64.1 Å². The number of hydrogen-bond acceptors (Lipinski definition) is 8. The average Bonchev–Trinajstić information content (AvgIpc) is 2.90. The summed E-state index contributed by atoms with van der Waals surface area (Å²) in [5, 5.41) is 23.0. The summed E-state index contributed by atoms with van der Waals surface area (Å²) in [6, 6.07) is 10.1. The van der Waals surface area contributed by atoms with Crippen molar-refractivity contribution in [1.29, 1.82) is 0 Å². The fourth-order valence-corrected chi connectivity index (χ4v) is 8.36. The third kappa shape index (κ3) is 4.21. The minimum atomic E-state index is -2.72. The molecule has 0 saturated heterocycles. The van der Waals surface area contributed by atoms with Crippen LogP contribution >= 0.6 is 0 Å². The summed E-state index contributed by atoms with van der Waals surface area (Å²) in [5.74, 6) is -9.29. The number of phenolic OH excluding ortho intramolecular Hbond substituents is 1. The van der Waals surface area contributed by atoms with Gasteiger partial charge in [0.15, 0.2) is 34.5 Å². The van der Waals surface area contributed by atoms with Gasteiger partial charge in [0.25, 0.3) is 0 Å². The highest BCUT2D eigenvalue weighted by molar-refractivity contribution is 6.32. The molecule has 3 aliphatic rings. The lowest BCUT2D eigenvalue weighted by atomic mass is 9.40. The van der Waals surface area contributed by atoms with Gasteiger partial charge in [0, 0.05) is 16.9 Å². The van der Waals surface area contributed by atoms with Crippen molar-refractivity contribution in [2.75, 3.05) is 0 Å². The van der Waals surface area contributed by atoms with E-state index in [9.17, 15) is 39.0 Å². The molecule has 5 rings (SSSR count). The van der Waals surface area contributed by atoms with Crippen LogP contribution in [0.1, 0.15) is 85.4 Å². The zero-order valence-electron chi connectivity index (χ0n) is 25.2. The van der Waals surface area contributed by atoms with Crippen molar-refractivity contribution in [2.24, 2.45) is 34.5 Å². The lowest BCUT2D eigenvalue weighted by Crippen LogP contribution is -2.76. The Labute approximate surface area is 250 Å². The number of carbonyl (C=O) groups excluding carboxylic acids is 6. The highest BCUT2D eigenvalue weighted by atomic mass is 16.3. The highest BCUT2D eigenvalue weighted by Gasteiger charge is 2.76. The summed E-state index contributed by atoms with van der Waals surface area (Å²) in [6.45, 7) is 9.37. The van der Waals surface area contributed by atoms with Crippen LogP contribution in [0.5, 0.6) is 5.75 Å². The first kappa shape index (κ1) is 30.4. The number of aromatic hydroxyl groups is 1. The zero-order chi connectivity index (χ0) is 31.8. The fourth-order valence-electron chi connectivity index (χ4n) is 8.36. The van der Waals surface area contributed by atoms with Crippen LogP contribution < -0.4 is 0 Å². The standard InChI is InChI=1S/C35H36O8/c1-17(2)27-29(39)25(19(4)37)31(41)35(43)32(42)28-30(40)26-23(15-33(28,5)16-34(27,35)6)21(12-13-24(26)38)11-10-20-8-7-9-22(14-20)18(3)36/h7-14,17,25,27-28,38,43H,15-16H2,1-6H3/b11-10+/t25?,27?,28?,33-,34-,35+/m1/s1. The molecule has 43 heavy (non-hydrogen) atoms. The van der Waals surface area contributed by atoms with Crippen molar-refractivity contribution in [2.45, 2.75) is 60.0 Å². The van der Waals surface area contributed by atoms with Gasteiger partial charge < -0.3 is 10.2 Å². The van der Waals surface area contributed by atoms with Gasteiger partial charge in [0.2, 0.25) is 0 Å². The first-order valence-corrected chi connectivity index (χ1v) is 14.5. The Hall–Kier alpha value is -4.04. The van der Waals surface area contributed by atoms with Gasteiger partial charge in [0.1, 0.15) is 17.5 Å². The van der Waals surface area contributed by atoms with Crippen LogP contribution in [0.2, 0.25) is 0 Å². The first-order valence-electron chi connectivity index (χ1n) is 14.5. The van der Waals surface area contributed by atoms with E-state index in [0.29, 0.717) is 16.7 Å². The summed E-state index contributed by atoms with van der Waals surface area (Å²) < 4.78 is 0. The second kappa shape index (κ2) is 10.0. The number of benzene rings is 2. The Kier molecular flexibility index (Phi) is 7.08. The normalized spacial score (nSPS) is 32.0. The molecule has 0 heterocycles. The summed E-state index contributed by atoms with van der Waals surface area (Å²) in [5.41, 5.74) is -3.01. The Morgan fingerprint density at radius 2 is 1.65 bits per heavy atom. The molecule has 0 spiro atoms. The molecule has 224 valence electrons. The van der Waals surface area contributed by atoms with Crippen molar-refractivity contribution < 1.29 is 39.0 Å². The fraction of sp³-hybridized carbons (Fsp3) is 0.429. The second-order valence-electron chi connectivity index (χ2n) is 13.4. The number of Topliss-reactive ketones (excluding diaryl/α,β-unsaturated/α-hetero) is 6. The molecule has 2 aromatic carbocycles. The van der Waals surface area contributed by atoms with Crippen molar-refractivity contribution in [3.05, 3.63) is 64.2 Å². The molecule has 2 N–H and O–H groups in total. The zero-order valence-corrected chi connectivity index (χ0v) is 25.2. The molecule has 0 amide bonds. The number of fused-ring (bicyclic) bond motifs is 3. The number of hydrogen-bond donors (Lipinski definition) is 2. The maximum absolute atomic E-state index is 14.4. The van der Waals surface area contributed by atoms with Gasteiger partial charge in [-0.15, -0.1) is 0 Å². The minimum absolute atomic E-state index is 0.0114. The molecule has 2 aromatic rings. The van der Waals surface area contributed by atoms with E-state index in [4.69, 9.17) is 0 Å². The van der Waals surface area contributed by atoms with Gasteiger partial charge in [-0.25, -0.2) is 0 Å². The number of ketones is 6. The van der Waals surface area contributed by atoms with Crippen molar-refractivity contribution in [1.82, 2.24) is 0 Å². The van der Waals surface area contributed by atoms with Crippen molar-refractivity contribution in [3.8, 4) is 5.75 Å². The molecule has 3 aliphatic carbocycles. The van der Waals surface area contributed by atoms with E-state index in [1.807, 2.05) is 6.07 Å². The van der Waals surface area contributed by atoms with Gasteiger partial charge >= 0.3 is 0 Å². The van der Waals surface area contributed by atoms with Gasteiger partial charge in [0.05, 0.1) is 11.5 Å². The van der Waals surface area contributed by atoms with Crippen LogP contribution in [-0.4, -0.2) is 50.5 Å². The minimum Gasteiger partial charge on any atom is -0.507 e. The van der Waals surface area contributed by atoms with Crippen LogP contribution in [0.3, 0.4) is 0 Å². The molecule has 8 heteroatoms. The third-order valence-electron chi connectivity index (χ3n) is 10.0. The van der Waals surface area contributed by atoms with Crippen LogP contribution in [0.25, 0.3) is 12.2 Å². The van der Waals surface area contributed by atoms with Gasteiger partial charge in [-0.2, -0.15) is 0 Å². The van der Waals surface area contributed by atoms with Crippen molar-refractivity contribution >= 4 is 46.9 Å². The molecular formula is C35H36O8. The molecule has 0 aliphatic heterocycles. The predicted molar refractivity (Wildman–Crippen MR) is 158 cm³/mol. The smallest absolute Gasteiger partial charge is 0.190 e. The van der Waals surface area contributed by atoms with E-state index in [1.165, 1.54) is 13.0 Å². The maximum atomic E-state index is 14.4. The maximum Gasteiger partial charge on any atom is 0.190 e. The molecule has 0 bridgehead atoms. The molecule has 0 radical (unpaired) electrons. The second-order valence-corrected chi connectivity index (χ2v) is 13.4. The van der Waals surface area contributed by atoms with Crippen LogP contribution in [0.4, 0.5) is 0 Å². The van der Waals surface area contributed by atoms with E-state index in [2.05, 4.69) is 0 Å². The highest BCUT2D eigenvalue weighted by Crippen LogP contribution is 2.63. The molecule has 6 atom stereocenters. The lowest BCUT2D eigenvalue weighted by molar-refractivity contribution is -0.205. The Morgan fingerprint density at radius 1 is 0.977 bits per heavy atom. The number of carbonyl (C=O) groups is 6. The third-order valence-corrected chi connectivity index (χ3v) is 10.0. The molecule has 2 fully saturated rings. The number of aliphatic hydroxyl groups is 1. The molecular weight excluding hydrogens is 548 g/mol. The van der Waals surface area contributed by atoms with Crippen LogP contribution in [0.15, 0.2) is 36.4 Å². The average molecular weight is 585 g/mol. The van der Waals surface area contributed by atoms with E-state index in [0.717, 1.165) is 12.5 Å². The first-order chi connectivity index (χ1) is 20.0. The molecule has 0 aromatic heterocycles. The molecule has 3 unspecified atom stereocenters.